The zero-order chi connectivity index (χ0) is 20.4. The molecule has 9 nitrogen and oxygen atoms in total. The number of aryl methyl sites for hydroxylation is 1. The summed E-state index contributed by atoms with van der Waals surface area (Å²) in [7, 11) is 0. The topological polar surface area (TPSA) is 94.1 Å². The first kappa shape index (κ1) is 20.4. The van der Waals surface area contributed by atoms with Crippen molar-refractivity contribution in [2.75, 3.05) is 39.4 Å². The first-order chi connectivity index (χ1) is 13.3. The molecule has 0 aromatic carbocycles. The van der Waals surface area contributed by atoms with E-state index in [0.717, 1.165) is 20.5 Å². The summed E-state index contributed by atoms with van der Waals surface area (Å²) in [6, 6.07) is -0.554. The fourth-order valence-corrected chi connectivity index (χ4v) is 4.03. The molecule has 3 rings (SSSR count). The van der Waals surface area contributed by atoms with E-state index in [2.05, 4.69) is 4.98 Å². The van der Waals surface area contributed by atoms with E-state index in [1.54, 1.807) is 4.90 Å². The Hall–Kier alpha value is -2.33. The minimum atomic E-state index is -0.775. The van der Waals surface area contributed by atoms with E-state index in [0.29, 0.717) is 32.6 Å². The summed E-state index contributed by atoms with van der Waals surface area (Å²) in [6.45, 7) is 8.09. The lowest BCUT2D eigenvalue weighted by Crippen LogP contribution is -2.53. The van der Waals surface area contributed by atoms with Crippen LogP contribution in [0.15, 0.2) is 5.38 Å². The van der Waals surface area contributed by atoms with Crippen molar-refractivity contribution in [3.63, 3.8) is 0 Å². The van der Waals surface area contributed by atoms with Gasteiger partial charge >= 0.3 is 17.8 Å². The van der Waals surface area contributed by atoms with Crippen LogP contribution >= 0.6 is 11.3 Å². The van der Waals surface area contributed by atoms with Crippen LogP contribution in [0.3, 0.4) is 0 Å². The highest BCUT2D eigenvalue weighted by molar-refractivity contribution is 7.09. The Kier molecular flexibility index (Phi) is 6.09. The molecule has 1 aromatic heterocycles. The van der Waals surface area contributed by atoms with Gasteiger partial charge in [-0.1, -0.05) is 13.8 Å². The number of rotatable bonds is 6. The summed E-state index contributed by atoms with van der Waals surface area (Å²) in [5, 5.41) is 2.73. The third kappa shape index (κ3) is 4.39. The number of amides is 5. The molecule has 0 saturated carbocycles. The Morgan fingerprint density at radius 1 is 1.11 bits per heavy atom. The van der Waals surface area contributed by atoms with E-state index in [4.69, 9.17) is 0 Å². The molecular formula is C18H25N5O4S. The van der Waals surface area contributed by atoms with E-state index in [1.165, 1.54) is 11.3 Å². The number of hydrogen-bond donors (Lipinski definition) is 0. The van der Waals surface area contributed by atoms with Crippen LogP contribution in [-0.4, -0.2) is 87.7 Å². The first-order valence-electron chi connectivity index (χ1n) is 9.34. The maximum Gasteiger partial charge on any atom is 0.335 e. The standard InChI is InChI=1S/C18H25N5O4S/c1-12(2)9-22-16(25)17(26)23(18(22)27)11-20-4-6-21(7-5-20)15(24)8-14-19-13(3)10-28-14/h10,12H,4-9,11H2,1-3H3. The molecule has 0 atom stereocenters. The fourth-order valence-electron chi connectivity index (χ4n) is 3.26. The fraction of sp³-hybridized carbons (Fsp3) is 0.611. The van der Waals surface area contributed by atoms with Crippen molar-refractivity contribution in [3.05, 3.63) is 16.1 Å². The minimum Gasteiger partial charge on any atom is -0.340 e. The van der Waals surface area contributed by atoms with Crippen molar-refractivity contribution in [3.8, 4) is 0 Å². The van der Waals surface area contributed by atoms with Gasteiger partial charge in [-0.05, 0) is 12.8 Å². The van der Waals surface area contributed by atoms with Crippen molar-refractivity contribution in [1.82, 2.24) is 24.6 Å². The SMILES string of the molecule is Cc1csc(CC(=O)N2CCN(CN3C(=O)C(=O)N(CC(C)C)C3=O)CC2)n1. The van der Waals surface area contributed by atoms with Crippen LogP contribution in [0.25, 0.3) is 0 Å². The van der Waals surface area contributed by atoms with Crippen molar-refractivity contribution in [1.29, 1.82) is 0 Å². The van der Waals surface area contributed by atoms with Crippen LogP contribution in [0.2, 0.25) is 0 Å². The second-order valence-electron chi connectivity index (χ2n) is 7.53. The first-order valence-corrected chi connectivity index (χ1v) is 10.2. The lowest BCUT2D eigenvalue weighted by Gasteiger charge is -2.35. The van der Waals surface area contributed by atoms with Gasteiger partial charge in [0.25, 0.3) is 0 Å². The van der Waals surface area contributed by atoms with Crippen molar-refractivity contribution >= 4 is 35.1 Å². The number of thiazole rings is 1. The number of imide groups is 2. The van der Waals surface area contributed by atoms with Crippen LogP contribution in [0.4, 0.5) is 4.79 Å². The number of piperazine rings is 1. The molecule has 10 heteroatoms. The second-order valence-corrected chi connectivity index (χ2v) is 8.47. The molecule has 28 heavy (non-hydrogen) atoms. The molecule has 2 saturated heterocycles. The Bertz CT molecular complexity index is 785. The summed E-state index contributed by atoms with van der Waals surface area (Å²) in [6.07, 6.45) is 0.292. The zero-order valence-electron chi connectivity index (χ0n) is 16.4. The van der Waals surface area contributed by atoms with Gasteiger partial charge in [0.2, 0.25) is 5.91 Å². The van der Waals surface area contributed by atoms with Crippen LogP contribution in [-0.2, 0) is 20.8 Å². The number of hydrogen-bond acceptors (Lipinski definition) is 7. The van der Waals surface area contributed by atoms with Crippen LogP contribution in [0, 0.1) is 12.8 Å². The predicted octanol–water partition coefficient (Wildman–Crippen LogP) is 0.543. The van der Waals surface area contributed by atoms with Crippen molar-refractivity contribution in [2.45, 2.75) is 27.2 Å². The monoisotopic (exact) mass is 407 g/mol. The van der Waals surface area contributed by atoms with Gasteiger partial charge in [0, 0.05) is 43.8 Å². The molecule has 0 bridgehead atoms. The summed E-state index contributed by atoms with van der Waals surface area (Å²) >= 11 is 1.48. The van der Waals surface area contributed by atoms with Crippen molar-refractivity contribution in [2.24, 2.45) is 5.92 Å². The quantitative estimate of drug-likeness (QED) is 0.505. The number of urea groups is 1. The summed E-state index contributed by atoms with van der Waals surface area (Å²) in [4.78, 5) is 59.1. The summed E-state index contributed by atoms with van der Waals surface area (Å²) < 4.78 is 0. The average Bonchev–Trinajstić information content (AvgIpc) is 3.14. The summed E-state index contributed by atoms with van der Waals surface area (Å²) in [5.41, 5.74) is 0.915. The van der Waals surface area contributed by atoms with Crippen molar-refractivity contribution < 1.29 is 19.2 Å². The van der Waals surface area contributed by atoms with Crippen LogP contribution in [0.1, 0.15) is 24.5 Å². The van der Waals surface area contributed by atoms with Gasteiger partial charge in [0.05, 0.1) is 13.1 Å². The van der Waals surface area contributed by atoms with E-state index < -0.39 is 17.8 Å². The van der Waals surface area contributed by atoms with E-state index in [1.807, 2.05) is 31.1 Å². The Labute approximate surface area is 167 Å². The lowest BCUT2D eigenvalue weighted by molar-refractivity contribution is -0.144. The molecule has 2 fully saturated rings. The van der Waals surface area contributed by atoms with Gasteiger partial charge in [0.1, 0.15) is 5.01 Å². The van der Waals surface area contributed by atoms with Gasteiger partial charge in [0.15, 0.2) is 0 Å². The number of nitrogens with zero attached hydrogens (tertiary/aromatic N) is 5. The lowest BCUT2D eigenvalue weighted by atomic mass is 10.2. The van der Waals surface area contributed by atoms with Gasteiger partial charge in [-0.25, -0.2) is 14.7 Å². The molecule has 3 heterocycles. The maximum atomic E-state index is 12.4. The zero-order valence-corrected chi connectivity index (χ0v) is 17.2. The molecule has 0 aliphatic carbocycles. The molecule has 2 aliphatic rings. The molecule has 5 amide bonds. The Morgan fingerprint density at radius 3 is 2.32 bits per heavy atom. The highest BCUT2D eigenvalue weighted by Gasteiger charge is 2.45. The number of aromatic nitrogens is 1. The molecule has 152 valence electrons. The largest absolute Gasteiger partial charge is 0.340 e. The Balaban J connectivity index is 1.51. The maximum absolute atomic E-state index is 12.4. The van der Waals surface area contributed by atoms with E-state index in [9.17, 15) is 19.2 Å². The van der Waals surface area contributed by atoms with Gasteiger partial charge in [-0.15, -0.1) is 11.3 Å². The molecule has 0 unspecified atom stereocenters. The second kappa shape index (κ2) is 8.36. The number of carbonyl (C=O) groups excluding carboxylic acids is 4. The average molecular weight is 407 g/mol. The van der Waals surface area contributed by atoms with Gasteiger partial charge < -0.3 is 4.90 Å². The minimum absolute atomic E-state index is 0.0283. The van der Waals surface area contributed by atoms with Gasteiger partial charge in [-0.3, -0.25) is 24.2 Å². The Morgan fingerprint density at radius 2 is 1.75 bits per heavy atom. The van der Waals surface area contributed by atoms with Gasteiger partial charge in [-0.2, -0.15) is 0 Å². The third-order valence-electron chi connectivity index (χ3n) is 4.72. The highest BCUT2D eigenvalue weighted by Crippen LogP contribution is 2.16. The van der Waals surface area contributed by atoms with Crippen LogP contribution < -0.4 is 0 Å². The normalized spacial score (nSPS) is 18.7. The molecule has 1 aromatic rings. The van der Waals surface area contributed by atoms with E-state index >= 15 is 0 Å². The molecule has 0 spiro atoms. The third-order valence-corrected chi connectivity index (χ3v) is 5.68. The number of carbonyl (C=O) groups is 4. The molecule has 0 N–H and O–H groups in total. The van der Waals surface area contributed by atoms with E-state index in [-0.39, 0.29) is 25.0 Å². The van der Waals surface area contributed by atoms with Crippen LogP contribution in [0.5, 0.6) is 0 Å². The molecular weight excluding hydrogens is 382 g/mol. The highest BCUT2D eigenvalue weighted by atomic mass is 32.1. The summed E-state index contributed by atoms with van der Waals surface area (Å²) in [5.74, 6) is -1.41. The smallest absolute Gasteiger partial charge is 0.335 e. The molecule has 2 aliphatic heterocycles. The molecule has 0 radical (unpaired) electrons. The predicted molar refractivity (Wildman–Crippen MR) is 102 cm³/mol.